The molecule has 1 unspecified atom stereocenters. The molecule has 1 atom stereocenters. The third-order valence-electron chi connectivity index (χ3n) is 1.60. The van der Waals surface area contributed by atoms with Crippen molar-refractivity contribution >= 4 is 37.0 Å². The molecule has 0 bridgehead atoms. The molecule has 0 heterocycles. The molecular formula is C10H11ClO2Se. The van der Waals surface area contributed by atoms with E-state index in [1.807, 2.05) is 30.3 Å². The molecule has 0 fully saturated rings. The van der Waals surface area contributed by atoms with Crippen molar-refractivity contribution in [3.05, 3.63) is 30.3 Å². The summed E-state index contributed by atoms with van der Waals surface area (Å²) in [6, 6.07) is 10.0. The number of hydrogen-bond donors (Lipinski definition) is 0. The number of hydrogen-bond acceptors (Lipinski definition) is 2. The zero-order valence-electron chi connectivity index (χ0n) is 7.77. The van der Waals surface area contributed by atoms with E-state index in [2.05, 4.69) is 4.74 Å². The van der Waals surface area contributed by atoms with Crippen LogP contribution in [0.1, 0.15) is 0 Å². The van der Waals surface area contributed by atoms with Gasteiger partial charge in [-0.15, -0.1) is 0 Å². The number of rotatable bonds is 4. The van der Waals surface area contributed by atoms with Gasteiger partial charge in [0.05, 0.1) is 0 Å². The maximum atomic E-state index is 11.0. The fourth-order valence-electron chi connectivity index (χ4n) is 0.882. The van der Waals surface area contributed by atoms with Gasteiger partial charge in [0.2, 0.25) is 0 Å². The first kappa shape index (κ1) is 11.6. The summed E-state index contributed by atoms with van der Waals surface area (Å²) in [5, 5.41) is 0.158. The number of esters is 1. The Kier molecular flexibility index (Phi) is 5.02. The number of methoxy groups -OCH3 is 1. The molecule has 0 aliphatic heterocycles. The van der Waals surface area contributed by atoms with E-state index in [1.54, 1.807) is 0 Å². The molecule has 76 valence electrons. The summed E-state index contributed by atoms with van der Waals surface area (Å²) in [6.07, 6.45) is 0. The first-order valence-corrected chi connectivity index (χ1v) is 6.64. The van der Waals surface area contributed by atoms with Gasteiger partial charge in [0.1, 0.15) is 0 Å². The standard InChI is InChI=1S/C10H11ClO2Se/c1-13-10(12)9(11)7-14-8-5-3-2-4-6-8/h2-6,9H,7H2,1H3. The second-order valence-electron chi connectivity index (χ2n) is 2.61. The monoisotopic (exact) mass is 278 g/mol. The van der Waals surface area contributed by atoms with Gasteiger partial charge in [-0.1, -0.05) is 0 Å². The normalized spacial score (nSPS) is 12.1. The topological polar surface area (TPSA) is 26.3 Å². The van der Waals surface area contributed by atoms with E-state index in [-0.39, 0.29) is 20.9 Å². The van der Waals surface area contributed by atoms with Gasteiger partial charge in [-0.05, 0) is 0 Å². The fourth-order valence-corrected chi connectivity index (χ4v) is 3.03. The average Bonchev–Trinajstić information content (AvgIpc) is 2.26. The zero-order valence-corrected chi connectivity index (χ0v) is 10.2. The minimum atomic E-state index is -0.514. The summed E-state index contributed by atoms with van der Waals surface area (Å²) in [6.45, 7) is 0. The van der Waals surface area contributed by atoms with Gasteiger partial charge in [-0.3, -0.25) is 0 Å². The van der Waals surface area contributed by atoms with E-state index in [0.717, 1.165) is 0 Å². The van der Waals surface area contributed by atoms with Crippen LogP contribution in [0.25, 0.3) is 0 Å². The Labute approximate surface area is 94.8 Å². The Hall–Kier alpha value is -0.501. The quantitative estimate of drug-likeness (QED) is 0.470. The van der Waals surface area contributed by atoms with Crippen molar-refractivity contribution in [1.29, 1.82) is 0 Å². The van der Waals surface area contributed by atoms with Crippen LogP contribution in [0.4, 0.5) is 0 Å². The van der Waals surface area contributed by atoms with Gasteiger partial charge >= 0.3 is 94.7 Å². The molecule has 1 aromatic rings. The van der Waals surface area contributed by atoms with Crippen LogP contribution in [0.5, 0.6) is 0 Å². The summed E-state index contributed by atoms with van der Waals surface area (Å²) < 4.78 is 5.78. The van der Waals surface area contributed by atoms with Crippen molar-refractivity contribution in [2.45, 2.75) is 10.7 Å². The van der Waals surface area contributed by atoms with E-state index in [9.17, 15) is 4.79 Å². The molecule has 0 aliphatic rings. The molecule has 0 saturated carbocycles. The molecule has 0 saturated heterocycles. The van der Waals surface area contributed by atoms with Crippen molar-refractivity contribution in [2.75, 3.05) is 7.11 Å². The summed E-state index contributed by atoms with van der Waals surface area (Å²) >= 11 is 6.06. The number of benzene rings is 1. The number of alkyl halides is 1. The van der Waals surface area contributed by atoms with Gasteiger partial charge in [0.25, 0.3) is 0 Å². The van der Waals surface area contributed by atoms with E-state index in [1.165, 1.54) is 11.6 Å². The Bertz CT molecular complexity index is 289. The maximum absolute atomic E-state index is 11.0. The van der Waals surface area contributed by atoms with Crippen LogP contribution in [0.15, 0.2) is 30.3 Å². The molecule has 0 radical (unpaired) electrons. The molecule has 0 spiro atoms. The van der Waals surface area contributed by atoms with Gasteiger partial charge in [0, 0.05) is 0 Å². The molecule has 14 heavy (non-hydrogen) atoms. The Morgan fingerprint density at radius 2 is 2.14 bits per heavy atom. The summed E-state index contributed by atoms with van der Waals surface area (Å²) in [4.78, 5) is 11.0. The molecule has 1 rings (SSSR count). The molecule has 0 aliphatic carbocycles. The summed E-state index contributed by atoms with van der Waals surface area (Å²) in [5.74, 6) is -0.343. The average molecular weight is 278 g/mol. The van der Waals surface area contributed by atoms with Crippen LogP contribution in [-0.2, 0) is 9.53 Å². The molecule has 4 heteroatoms. The fraction of sp³-hybridized carbons (Fsp3) is 0.300. The third-order valence-corrected chi connectivity index (χ3v) is 4.66. The second-order valence-corrected chi connectivity index (χ2v) is 5.44. The van der Waals surface area contributed by atoms with E-state index >= 15 is 0 Å². The van der Waals surface area contributed by atoms with E-state index < -0.39 is 5.38 Å². The first-order chi connectivity index (χ1) is 6.74. The van der Waals surface area contributed by atoms with Crippen LogP contribution >= 0.6 is 11.6 Å². The third kappa shape index (κ3) is 3.70. The van der Waals surface area contributed by atoms with Crippen molar-refractivity contribution < 1.29 is 9.53 Å². The Morgan fingerprint density at radius 1 is 1.50 bits per heavy atom. The van der Waals surface area contributed by atoms with Crippen molar-refractivity contribution in [1.82, 2.24) is 0 Å². The van der Waals surface area contributed by atoms with E-state index in [0.29, 0.717) is 5.32 Å². The first-order valence-electron chi connectivity index (χ1n) is 4.14. The summed E-state index contributed by atoms with van der Waals surface area (Å²) in [5.41, 5.74) is 0. The van der Waals surface area contributed by atoms with Crippen LogP contribution in [0.2, 0.25) is 5.32 Å². The van der Waals surface area contributed by atoms with Crippen molar-refractivity contribution in [2.24, 2.45) is 0 Å². The molecule has 2 nitrogen and oxygen atoms in total. The molecular weight excluding hydrogens is 267 g/mol. The minimum absolute atomic E-state index is 0.238. The molecule has 1 aromatic carbocycles. The van der Waals surface area contributed by atoms with Gasteiger partial charge < -0.3 is 0 Å². The SMILES string of the molecule is COC(=O)C(Cl)C[Se]c1ccccc1. The molecule has 0 aromatic heterocycles. The predicted octanol–water partition coefficient (Wildman–Crippen LogP) is 1.21. The number of ether oxygens (including phenoxy) is 1. The molecule has 0 N–H and O–H groups in total. The van der Waals surface area contributed by atoms with Crippen LogP contribution in [0.3, 0.4) is 0 Å². The zero-order chi connectivity index (χ0) is 10.4. The number of halogens is 1. The Balaban J connectivity index is 2.38. The van der Waals surface area contributed by atoms with Gasteiger partial charge in [0.15, 0.2) is 0 Å². The van der Waals surface area contributed by atoms with Gasteiger partial charge in [-0.2, -0.15) is 0 Å². The van der Waals surface area contributed by atoms with Crippen LogP contribution in [0, 0.1) is 0 Å². The predicted molar refractivity (Wildman–Crippen MR) is 58.3 cm³/mol. The van der Waals surface area contributed by atoms with Crippen molar-refractivity contribution in [3.8, 4) is 0 Å². The second kappa shape index (κ2) is 6.07. The van der Waals surface area contributed by atoms with Crippen LogP contribution < -0.4 is 4.46 Å². The number of carbonyl (C=O) groups is 1. The summed E-state index contributed by atoms with van der Waals surface area (Å²) in [7, 11) is 1.35. The Morgan fingerprint density at radius 3 is 2.71 bits per heavy atom. The van der Waals surface area contributed by atoms with E-state index in [4.69, 9.17) is 11.6 Å². The number of carbonyl (C=O) groups excluding carboxylic acids is 1. The molecule has 0 amide bonds. The van der Waals surface area contributed by atoms with Crippen LogP contribution in [-0.4, -0.2) is 33.4 Å². The van der Waals surface area contributed by atoms with Gasteiger partial charge in [-0.25, -0.2) is 0 Å². The van der Waals surface area contributed by atoms with Crippen molar-refractivity contribution in [3.63, 3.8) is 0 Å².